The number of nitrogens with zero attached hydrogens (tertiary/aromatic N) is 1. The van der Waals surface area contributed by atoms with Crippen LogP contribution in [0.4, 0.5) is 0 Å². The standard InChI is InChI=1S/C13H24N2/c1-3-12-6-7-15(10-12)9-11(2)8-14-13-4-5-13/h12-14H,2-10H2,1H3. The maximum absolute atomic E-state index is 4.16. The Bertz CT molecular complexity index is 221. The van der Waals surface area contributed by atoms with Crippen molar-refractivity contribution < 1.29 is 0 Å². The lowest BCUT2D eigenvalue weighted by molar-refractivity contribution is 0.346. The van der Waals surface area contributed by atoms with Gasteiger partial charge in [0.2, 0.25) is 0 Å². The molecule has 0 bridgehead atoms. The zero-order chi connectivity index (χ0) is 10.7. The first-order chi connectivity index (χ1) is 7.28. The highest BCUT2D eigenvalue weighted by molar-refractivity contribution is 5.02. The lowest BCUT2D eigenvalue weighted by atomic mass is 10.1. The first kappa shape index (κ1) is 11.2. The topological polar surface area (TPSA) is 15.3 Å². The first-order valence-corrected chi connectivity index (χ1v) is 6.40. The maximum atomic E-state index is 4.16. The second kappa shape index (κ2) is 5.13. The van der Waals surface area contributed by atoms with E-state index in [0.717, 1.165) is 25.0 Å². The van der Waals surface area contributed by atoms with Crippen molar-refractivity contribution in [1.82, 2.24) is 10.2 Å². The summed E-state index contributed by atoms with van der Waals surface area (Å²) in [6, 6.07) is 0.809. The average molecular weight is 208 g/mol. The summed E-state index contributed by atoms with van der Waals surface area (Å²) in [7, 11) is 0. The van der Waals surface area contributed by atoms with Gasteiger partial charge in [-0.15, -0.1) is 0 Å². The maximum Gasteiger partial charge on any atom is 0.0202 e. The molecule has 2 rings (SSSR count). The lowest BCUT2D eigenvalue weighted by Gasteiger charge is -2.17. The van der Waals surface area contributed by atoms with Crippen molar-refractivity contribution in [3.63, 3.8) is 0 Å². The summed E-state index contributed by atoms with van der Waals surface area (Å²) in [5.41, 5.74) is 1.36. The monoisotopic (exact) mass is 208 g/mol. The van der Waals surface area contributed by atoms with Crippen LogP contribution >= 0.6 is 0 Å². The highest BCUT2D eigenvalue weighted by Gasteiger charge is 2.22. The van der Waals surface area contributed by atoms with Gasteiger partial charge in [-0.3, -0.25) is 4.90 Å². The van der Waals surface area contributed by atoms with E-state index in [9.17, 15) is 0 Å². The predicted octanol–water partition coefficient (Wildman–Crippen LogP) is 2.03. The summed E-state index contributed by atoms with van der Waals surface area (Å²) in [5.74, 6) is 0.939. The predicted molar refractivity (Wildman–Crippen MR) is 65.0 cm³/mol. The van der Waals surface area contributed by atoms with E-state index in [-0.39, 0.29) is 0 Å². The van der Waals surface area contributed by atoms with E-state index in [1.165, 1.54) is 44.3 Å². The zero-order valence-corrected chi connectivity index (χ0v) is 9.97. The minimum absolute atomic E-state index is 0.809. The Balaban J connectivity index is 1.61. The minimum Gasteiger partial charge on any atom is -0.310 e. The van der Waals surface area contributed by atoms with Crippen LogP contribution in [0.2, 0.25) is 0 Å². The molecule has 1 aliphatic carbocycles. The van der Waals surface area contributed by atoms with E-state index in [1.807, 2.05) is 0 Å². The van der Waals surface area contributed by atoms with Crippen molar-refractivity contribution in [2.75, 3.05) is 26.2 Å². The number of rotatable bonds is 6. The highest BCUT2D eigenvalue weighted by Crippen LogP contribution is 2.20. The molecule has 2 fully saturated rings. The highest BCUT2D eigenvalue weighted by atomic mass is 15.1. The van der Waals surface area contributed by atoms with E-state index >= 15 is 0 Å². The molecule has 0 aromatic heterocycles. The van der Waals surface area contributed by atoms with Gasteiger partial charge in [-0.05, 0) is 37.3 Å². The molecule has 1 saturated heterocycles. The van der Waals surface area contributed by atoms with Gasteiger partial charge < -0.3 is 5.32 Å². The fourth-order valence-corrected chi connectivity index (χ4v) is 2.34. The van der Waals surface area contributed by atoms with Crippen LogP contribution in [0.5, 0.6) is 0 Å². The van der Waals surface area contributed by atoms with E-state index in [4.69, 9.17) is 0 Å². The normalized spacial score (nSPS) is 27.1. The Morgan fingerprint density at radius 1 is 1.40 bits per heavy atom. The Hall–Kier alpha value is -0.340. The molecule has 0 spiro atoms. The molecular formula is C13H24N2. The quantitative estimate of drug-likeness (QED) is 0.672. The smallest absolute Gasteiger partial charge is 0.0202 e. The van der Waals surface area contributed by atoms with E-state index < -0.39 is 0 Å². The third-order valence-electron chi connectivity index (χ3n) is 3.61. The van der Waals surface area contributed by atoms with Crippen LogP contribution in [0.3, 0.4) is 0 Å². The fraction of sp³-hybridized carbons (Fsp3) is 0.846. The van der Waals surface area contributed by atoms with Gasteiger partial charge in [0.25, 0.3) is 0 Å². The van der Waals surface area contributed by atoms with Crippen molar-refractivity contribution in [3.8, 4) is 0 Å². The van der Waals surface area contributed by atoms with Gasteiger partial charge in [-0.2, -0.15) is 0 Å². The van der Waals surface area contributed by atoms with Crippen molar-refractivity contribution in [1.29, 1.82) is 0 Å². The molecule has 2 aliphatic rings. The van der Waals surface area contributed by atoms with Gasteiger partial charge in [-0.25, -0.2) is 0 Å². The third kappa shape index (κ3) is 3.62. The van der Waals surface area contributed by atoms with Crippen molar-refractivity contribution in [2.24, 2.45) is 5.92 Å². The summed E-state index contributed by atoms with van der Waals surface area (Å²) >= 11 is 0. The summed E-state index contributed by atoms with van der Waals surface area (Å²) in [6.45, 7) is 11.2. The van der Waals surface area contributed by atoms with Crippen LogP contribution < -0.4 is 5.32 Å². The molecule has 1 atom stereocenters. The summed E-state index contributed by atoms with van der Waals surface area (Å²) in [6.07, 6.45) is 5.47. The van der Waals surface area contributed by atoms with E-state index in [1.54, 1.807) is 0 Å². The minimum atomic E-state index is 0.809. The largest absolute Gasteiger partial charge is 0.310 e. The first-order valence-electron chi connectivity index (χ1n) is 6.40. The van der Waals surface area contributed by atoms with Crippen LogP contribution in [0, 0.1) is 5.92 Å². The molecular weight excluding hydrogens is 184 g/mol. The molecule has 0 aromatic rings. The SMILES string of the molecule is C=C(CNC1CC1)CN1CCC(CC)C1. The Morgan fingerprint density at radius 2 is 2.20 bits per heavy atom. The van der Waals surface area contributed by atoms with Crippen molar-refractivity contribution in [3.05, 3.63) is 12.2 Å². The van der Waals surface area contributed by atoms with Crippen LogP contribution in [0.25, 0.3) is 0 Å². The fourth-order valence-electron chi connectivity index (χ4n) is 2.34. The average Bonchev–Trinajstić information content (AvgIpc) is 2.96. The van der Waals surface area contributed by atoms with E-state index in [0.29, 0.717) is 0 Å². The molecule has 1 N–H and O–H groups in total. The molecule has 2 heteroatoms. The lowest BCUT2D eigenvalue weighted by Crippen LogP contribution is -2.28. The molecule has 1 unspecified atom stereocenters. The van der Waals surface area contributed by atoms with Crippen molar-refractivity contribution in [2.45, 2.75) is 38.6 Å². The summed E-state index contributed by atoms with van der Waals surface area (Å²) in [4.78, 5) is 2.56. The molecule has 86 valence electrons. The van der Waals surface area contributed by atoms with E-state index in [2.05, 4.69) is 23.7 Å². The molecule has 1 heterocycles. The van der Waals surface area contributed by atoms with Crippen LogP contribution in [-0.4, -0.2) is 37.1 Å². The summed E-state index contributed by atoms with van der Waals surface area (Å²) in [5, 5.41) is 3.53. The molecule has 2 nitrogen and oxygen atoms in total. The Kier molecular flexibility index (Phi) is 3.81. The molecule has 1 saturated carbocycles. The molecule has 0 radical (unpaired) electrons. The molecule has 0 aromatic carbocycles. The zero-order valence-electron chi connectivity index (χ0n) is 9.97. The Labute approximate surface area is 93.7 Å². The van der Waals surface area contributed by atoms with Crippen molar-refractivity contribution >= 4 is 0 Å². The number of likely N-dealkylation sites (tertiary alicyclic amines) is 1. The van der Waals surface area contributed by atoms with Gasteiger partial charge in [0, 0.05) is 25.7 Å². The second-order valence-electron chi connectivity index (χ2n) is 5.20. The van der Waals surface area contributed by atoms with Gasteiger partial charge in [0.15, 0.2) is 0 Å². The van der Waals surface area contributed by atoms with Gasteiger partial charge in [0.1, 0.15) is 0 Å². The number of hydrogen-bond donors (Lipinski definition) is 1. The van der Waals surface area contributed by atoms with Gasteiger partial charge in [-0.1, -0.05) is 19.9 Å². The summed E-state index contributed by atoms with van der Waals surface area (Å²) < 4.78 is 0. The van der Waals surface area contributed by atoms with Crippen LogP contribution in [0.1, 0.15) is 32.6 Å². The van der Waals surface area contributed by atoms with Gasteiger partial charge >= 0.3 is 0 Å². The molecule has 15 heavy (non-hydrogen) atoms. The number of hydrogen-bond acceptors (Lipinski definition) is 2. The van der Waals surface area contributed by atoms with Crippen LogP contribution in [0.15, 0.2) is 12.2 Å². The van der Waals surface area contributed by atoms with Gasteiger partial charge in [0.05, 0.1) is 0 Å². The Morgan fingerprint density at radius 3 is 2.80 bits per heavy atom. The molecule has 1 aliphatic heterocycles. The number of nitrogens with one attached hydrogen (secondary N) is 1. The van der Waals surface area contributed by atoms with Crippen LogP contribution in [-0.2, 0) is 0 Å². The second-order valence-corrected chi connectivity index (χ2v) is 5.20. The third-order valence-corrected chi connectivity index (χ3v) is 3.61. The molecule has 0 amide bonds.